The van der Waals surface area contributed by atoms with Crippen LogP contribution in [-0.2, 0) is 0 Å². The topological polar surface area (TPSA) is 29.0 Å². The SMILES string of the molecule is c1ccc(-c2cc(-c3ccccn3)cc(N(c3ccccc3)c3cc(-c4ccccc4)cc(-c4ccccn4)c3)c2)cc1. The van der Waals surface area contributed by atoms with E-state index in [1.165, 1.54) is 0 Å². The van der Waals surface area contributed by atoms with Crippen molar-refractivity contribution in [3.8, 4) is 44.8 Å². The van der Waals surface area contributed by atoms with Crippen LogP contribution >= 0.6 is 0 Å². The number of aromatic nitrogens is 2. The molecule has 7 aromatic rings. The van der Waals surface area contributed by atoms with E-state index in [1.54, 1.807) is 0 Å². The smallest absolute Gasteiger partial charge is 0.0702 e. The molecule has 2 aromatic heterocycles. The van der Waals surface area contributed by atoms with Gasteiger partial charge in [-0.15, -0.1) is 0 Å². The minimum atomic E-state index is 0.932. The summed E-state index contributed by atoms with van der Waals surface area (Å²) in [7, 11) is 0. The van der Waals surface area contributed by atoms with Crippen molar-refractivity contribution < 1.29 is 0 Å². The largest absolute Gasteiger partial charge is 0.310 e. The molecule has 204 valence electrons. The molecule has 0 aliphatic carbocycles. The number of pyridine rings is 2. The highest BCUT2D eigenvalue weighted by molar-refractivity contribution is 5.87. The maximum Gasteiger partial charge on any atom is 0.0702 e. The Morgan fingerprint density at radius 1 is 0.302 bits per heavy atom. The van der Waals surface area contributed by atoms with Crippen LogP contribution in [-0.4, -0.2) is 9.97 Å². The Labute approximate surface area is 252 Å². The molecular formula is C40H29N3. The van der Waals surface area contributed by atoms with E-state index in [9.17, 15) is 0 Å². The predicted molar refractivity (Wildman–Crippen MR) is 178 cm³/mol. The summed E-state index contributed by atoms with van der Waals surface area (Å²) >= 11 is 0. The standard InChI is InChI=1S/C40H29N3/c1-4-14-30(15-5-1)32-24-34(39-20-10-12-22-41-39)28-37(26-32)43(36-18-8-3-9-19-36)38-27-33(31-16-6-2-7-17-31)25-35(29-38)40-21-11-13-23-42-40/h1-29H. The Balaban J connectivity index is 1.49. The molecule has 5 aromatic carbocycles. The summed E-state index contributed by atoms with van der Waals surface area (Å²) in [5.74, 6) is 0. The zero-order valence-electron chi connectivity index (χ0n) is 23.6. The van der Waals surface area contributed by atoms with Crippen LogP contribution in [0.15, 0.2) is 176 Å². The van der Waals surface area contributed by atoms with Gasteiger partial charge in [0.05, 0.1) is 11.4 Å². The number of anilines is 3. The Morgan fingerprint density at radius 2 is 0.698 bits per heavy atom. The molecule has 43 heavy (non-hydrogen) atoms. The van der Waals surface area contributed by atoms with E-state index in [4.69, 9.17) is 9.97 Å². The van der Waals surface area contributed by atoms with Gasteiger partial charge in [0.15, 0.2) is 0 Å². The first-order valence-electron chi connectivity index (χ1n) is 14.4. The molecule has 2 heterocycles. The molecule has 0 aliphatic heterocycles. The van der Waals surface area contributed by atoms with E-state index in [-0.39, 0.29) is 0 Å². The van der Waals surface area contributed by atoms with Gasteiger partial charge in [0, 0.05) is 40.6 Å². The summed E-state index contributed by atoms with van der Waals surface area (Å²) in [5, 5.41) is 0. The van der Waals surface area contributed by atoms with Crippen molar-refractivity contribution in [2.75, 3.05) is 4.90 Å². The van der Waals surface area contributed by atoms with Gasteiger partial charge in [0.25, 0.3) is 0 Å². The Morgan fingerprint density at radius 3 is 1.12 bits per heavy atom. The Bertz CT molecular complexity index is 1700. The van der Waals surface area contributed by atoms with E-state index in [0.717, 1.165) is 61.8 Å². The molecule has 0 radical (unpaired) electrons. The van der Waals surface area contributed by atoms with Crippen LogP contribution in [0.25, 0.3) is 44.8 Å². The lowest BCUT2D eigenvalue weighted by Gasteiger charge is -2.28. The van der Waals surface area contributed by atoms with Crippen molar-refractivity contribution in [1.29, 1.82) is 0 Å². The number of nitrogens with zero attached hydrogens (tertiary/aromatic N) is 3. The highest BCUT2D eigenvalue weighted by Gasteiger charge is 2.18. The second-order valence-corrected chi connectivity index (χ2v) is 10.4. The van der Waals surface area contributed by atoms with Crippen molar-refractivity contribution in [2.45, 2.75) is 0 Å². The fourth-order valence-corrected chi connectivity index (χ4v) is 5.46. The third-order valence-corrected chi connectivity index (χ3v) is 7.50. The fourth-order valence-electron chi connectivity index (χ4n) is 5.46. The number of hydrogen-bond acceptors (Lipinski definition) is 3. The predicted octanol–water partition coefficient (Wildman–Crippen LogP) is 10.6. The molecule has 3 heteroatoms. The third kappa shape index (κ3) is 5.70. The number of para-hydroxylation sites is 1. The molecule has 0 atom stereocenters. The molecule has 0 bridgehead atoms. The van der Waals surface area contributed by atoms with Gasteiger partial charge in [-0.2, -0.15) is 0 Å². The average Bonchev–Trinajstić information content (AvgIpc) is 3.10. The van der Waals surface area contributed by atoms with Crippen LogP contribution in [0.2, 0.25) is 0 Å². The van der Waals surface area contributed by atoms with E-state index in [0.29, 0.717) is 0 Å². The average molecular weight is 552 g/mol. The highest BCUT2D eigenvalue weighted by atomic mass is 15.1. The van der Waals surface area contributed by atoms with Crippen LogP contribution in [0.3, 0.4) is 0 Å². The third-order valence-electron chi connectivity index (χ3n) is 7.50. The second kappa shape index (κ2) is 12.0. The molecule has 0 N–H and O–H groups in total. The first-order chi connectivity index (χ1) is 21.3. The lowest BCUT2D eigenvalue weighted by molar-refractivity contribution is 1.27. The fraction of sp³-hybridized carbons (Fsp3) is 0. The number of benzene rings is 5. The van der Waals surface area contributed by atoms with Crippen LogP contribution in [0.1, 0.15) is 0 Å². The van der Waals surface area contributed by atoms with Crippen molar-refractivity contribution >= 4 is 17.1 Å². The quantitative estimate of drug-likeness (QED) is 0.197. The first kappa shape index (κ1) is 26.1. The van der Waals surface area contributed by atoms with E-state index in [2.05, 4.69) is 144 Å². The van der Waals surface area contributed by atoms with Gasteiger partial charge in [-0.25, -0.2) is 0 Å². The minimum absolute atomic E-state index is 0.932. The van der Waals surface area contributed by atoms with Gasteiger partial charge in [0.1, 0.15) is 0 Å². The zero-order chi connectivity index (χ0) is 28.8. The molecule has 0 spiro atoms. The summed E-state index contributed by atoms with van der Waals surface area (Å²) < 4.78 is 0. The summed E-state index contributed by atoms with van der Waals surface area (Å²) in [4.78, 5) is 11.8. The zero-order valence-corrected chi connectivity index (χ0v) is 23.6. The molecule has 3 nitrogen and oxygen atoms in total. The van der Waals surface area contributed by atoms with Crippen molar-refractivity contribution in [3.05, 3.63) is 176 Å². The number of hydrogen-bond donors (Lipinski definition) is 0. The van der Waals surface area contributed by atoms with Gasteiger partial charge in [-0.1, -0.05) is 91.0 Å². The van der Waals surface area contributed by atoms with E-state index >= 15 is 0 Å². The van der Waals surface area contributed by atoms with Crippen molar-refractivity contribution in [2.24, 2.45) is 0 Å². The lowest BCUT2D eigenvalue weighted by Crippen LogP contribution is -2.11. The normalized spacial score (nSPS) is 10.8. The lowest BCUT2D eigenvalue weighted by atomic mass is 9.97. The van der Waals surface area contributed by atoms with Crippen LogP contribution < -0.4 is 4.90 Å². The monoisotopic (exact) mass is 551 g/mol. The summed E-state index contributed by atoms with van der Waals surface area (Å²) in [6.45, 7) is 0. The molecule has 0 unspecified atom stereocenters. The molecule has 0 fully saturated rings. The maximum atomic E-state index is 4.71. The van der Waals surface area contributed by atoms with Crippen molar-refractivity contribution in [1.82, 2.24) is 9.97 Å². The molecular weight excluding hydrogens is 522 g/mol. The summed E-state index contributed by atoms with van der Waals surface area (Å²) in [6.07, 6.45) is 3.70. The molecule has 0 saturated heterocycles. The van der Waals surface area contributed by atoms with Crippen molar-refractivity contribution in [3.63, 3.8) is 0 Å². The summed E-state index contributed by atoms with van der Waals surface area (Å²) in [5.41, 5.74) is 11.7. The first-order valence-corrected chi connectivity index (χ1v) is 14.4. The molecule has 0 aliphatic rings. The molecule has 7 rings (SSSR count). The van der Waals surface area contributed by atoms with E-state index < -0.39 is 0 Å². The molecule has 0 amide bonds. The van der Waals surface area contributed by atoms with Gasteiger partial charge in [-0.3, -0.25) is 9.97 Å². The van der Waals surface area contributed by atoms with Crippen LogP contribution in [0, 0.1) is 0 Å². The van der Waals surface area contributed by atoms with Gasteiger partial charge < -0.3 is 4.90 Å². The highest BCUT2D eigenvalue weighted by Crippen LogP contribution is 2.42. The van der Waals surface area contributed by atoms with Crippen LogP contribution in [0.5, 0.6) is 0 Å². The van der Waals surface area contributed by atoms with Gasteiger partial charge >= 0.3 is 0 Å². The van der Waals surface area contributed by atoms with Crippen LogP contribution in [0.4, 0.5) is 17.1 Å². The maximum absolute atomic E-state index is 4.71. The molecule has 0 saturated carbocycles. The Kier molecular flexibility index (Phi) is 7.27. The van der Waals surface area contributed by atoms with Gasteiger partial charge in [-0.05, 0) is 95.1 Å². The summed E-state index contributed by atoms with van der Waals surface area (Å²) in [6, 6.07) is 57.2. The number of rotatable bonds is 7. The second-order valence-electron chi connectivity index (χ2n) is 10.4. The Hall–Kier alpha value is -5.80. The van der Waals surface area contributed by atoms with Gasteiger partial charge in [0.2, 0.25) is 0 Å². The van der Waals surface area contributed by atoms with E-state index in [1.807, 2.05) is 36.7 Å². The minimum Gasteiger partial charge on any atom is -0.310 e.